The molecule has 4 heteroatoms. The van der Waals surface area contributed by atoms with Crippen LogP contribution >= 0.6 is 0 Å². The molecular weight excluding hydrogens is 168 g/mol. The second kappa shape index (κ2) is 3.70. The maximum Gasteiger partial charge on any atom is 0.337 e. The van der Waals surface area contributed by atoms with Crippen molar-refractivity contribution in [2.75, 3.05) is 0 Å². The number of aromatic carboxylic acids is 1. The molecule has 0 spiro atoms. The predicted octanol–water partition coefficient (Wildman–Crippen LogP) is 0.715. The first-order valence-corrected chi connectivity index (χ1v) is 3.66. The molecule has 0 aliphatic rings. The van der Waals surface area contributed by atoms with Crippen LogP contribution in [-0.2, 0) is 6.54 Å². The monoisotopic (exact) mass is 176 g/mol. The minimum Gasteiger partial charge on any atom is -0.478 e. The fourth-order valence-corrected chi connectivity index (χ4v) is 1.12. The first-order valence-electron chi connectivity index (χ1n) is 3.66. The average Bonchev–Trinajstić information content (AvgIpc) is 2.16. The van der Waals surface area contributed by atoms with Crippen LogP contribution in [0.5, 0.6) is 0 Å². The van der Waals surface area contributed by atoms with Gasteiger partial charge >= 0.3 is 5.97 Å². The van der Waals surface area contributed by atoms with Gasteiger partial charge in [-0.1, -0.05) is 12.1 Å². The minimum atomic E-state index is -1.11. The lowest BCUT2D eigenvalue weighted by atomic mass is 10.0. The van der Waals surface area contributed by atoms with Crippen LogP contribution in [0.25, 0.3) is 0 Å². The van der Waals surface area contributed by atoms with Crippen molar-refractivity contribution in [1.82, 2.24) is 0 Å². The van der Waals surface area contributed by atoms with Gasteiger partial charge in [0.05, 0.1) is 11.1 Å². The predicted molar refractivity (Wildman–Crippen MR) is 46.0 cm³/mol. The maximum absolute atomic E-state index is 10.8. The zero-order valence-corrected chi connectivity index (χ0v) is 6.82. The second-order valence-corrected chi connectivity index (χ2v) is 2.46. The Morgan fingerprint density at radius 2 is 2.31 bits per heavy atom. The first-order chi connectivity index (χ1) is 6.20. The average molecular weight is 176 g/mol. The summed E-state index contributed by atoms with van der Waals surface area (Å²) in [5, 5.41) is 17.4. The molecule has 13 heavy (non-hydrogen) atoms. The molecule has 0 aliphatic heterocycles. The number of benzene rings is 1. The number of carbonyl (C=O) groups is 1. The van der Waals surface area contributed by atoms with Gasteiger partial charge in [0, 0.05) is 6.54 Å². The van der Waals surface area contributed by atoms with Gasteiger partial charge in [0.2, 0.25) is 0 Å². The molecule has 0 aromatic heterocycles. The van der Waals surface area contributed by atoms with Crippen LogP contribution in [-0.4, -0.2) is 11.1 Å². The van der Waals surface area contributed by atoms with Gasteiger partial charge < -0.3 is 10.8 Å². The molecule has 1 rings (SSSR count). The Balaban J connectivity index is 3.41. The third-order valence-electron chi connectivity index (χ3n) is 1.70. The third kappa shape index (κ3) is 1.66. The quantitative estimate of drug-likeness (QED) is 0.694. The Hall–Kier alpha value is -1.86. The van der Waals surface area contributed by atoms with Crippen LogP contribution in [0.2, 0.25) is 0 Å². The van der Waals surface area contributed by atoms with Crippen LogP contribution in [0, 0.1) is 11.3 Å². The maximum atomic E-state index is 10.8. The van der Waals surface area contributed by atoms with Crippen LogP contribution in [0.1, 0.15) is 21.5 Å². The van der Waals surface area contributed by atoms with E-state index in [1.54, 1.807) is 12.1 Å². The summed E-state index contributed by atoms with van der Waals surface area (Å²) >= 11 is 0. The highest BCUT2D eigenvalue weighted by Gasteiger charge is 2.13. The lowest BCUT2D eigenvalue weighted by molar-refractivity contribution is 0.0695. The zero-order valence-electron chi connectivity index (χ0n) is 6.82. The highest BCUT2D eigenvalue weighted by atomic mass is 16.4. The highest BCUT2D eigenvalue weighted by Crippen LogP contribution is 2.13. The molecule has 0 saturated heterocycles. The first kappa shape index (κ1) is 9.23. The lowest BCUT2D eigenvalue weighted by Crippen LogP contribution is -2.08. The molecule has 66 valence electrons. The molecule has 0 bridgehead atoms. The minimum absolute atomic E-state index is 0.00694. The number of nitriles is 1. The van der Waals surface area contributed by atoms with Gasteiger partial charge in [-0.05, 0) is 11.6 Å². The van der Waals surface area contributed by atoms with Gasteiger partial charge in [-0.25, -0.2) is 4.79 Å². The van der Waals surface area contributed by atoms with Gasteiger partial charge in [0.1, 0.15) is 6.07 Å². The second-order valence-electron chi connectivity index (χ2n) is 2.46. The Bertz CT molecular complexity index is 380. The Morgan fingerprint density at radius 3 is 2.77 bits per heavy atom. The van der Waals surface area contributed by atoms with E-state index in [1.807, 2.05) is 6.07 Å². The van der Waals surface area contributed by atoms with E-state index in [-0.39, 0.29) is 17.7 Å². The molecule has 0 fully saturated rings. The summed E-state index contributed by atoms with van der Waals surface area (Å²) in [5.41, 5.74) is 5.97. The van der Waals surface area contributed by atoms with E-state index >= 15 is 0 Å². The largest absolute Gasteiger partial charge is 0.478 e. The molecule has 0 saturated carbocycles. The van der Waals surface area contributed by atoms with Crippen molar-refractivity contribution >= 4 is 5.97 Å². The van der Waals surface area contributed by atoms with Gasteiger partial charge in [0.15, 0.2) is 0 Å². The summed E-state index contributed by atoms with van der Waals surface area (Å²) in [4.78, 5) is 10.8. The van der Waals surface area contributed by atoms with Crippen LogP contribution in [0.3, 0.4) is 0 Å². The van der Waals surface area contributed by atoms with Crippen LogP contribution in [0.4, 0.5) is 0 Å². The van der Waals surface area contributed by atoms with E-state index in [0.29, 0.717) is 5.56 Å². The summed E-state index contributed by atoms with van der Waals surface area (Å²) in [5.74, 6) is -1.11. The third-order valence-corrected chi connectivity index (χ3v) is 1.70. The van der Waals surface area contributed by atoms with Crippen molar-refractivity contribution in [1.29, 1.82) is 5.26 Å². The van der Waals surface area contributed by atoms with Crippen molar-refractivity contribution in [3.8, 4) is 6.07 Å². The van der Waals surface area contributed by atoms with E-state index in [9.17, 15) is 4.79 Å². The van der Waals surface area contributed by atoms with Crippen LogP contribution < -0.4 is 5.73 Å². The van der Waals surface area contributed by atoms with E-state index in [2.05, 4.69) is 0 Å². The number of nitrogens with two attached hydrogens (primary N) is 1. The molecule has 4 nitrogen and oxygen atoms in total. The number of nitrogens with zero attached hydrogens (tertiary/aromatic N) is 1. The standard InChI is InChI=1S/C9H8N2O2/c10-4-6-2-1-3-7(5-11)8(6)9(12)13/h1-3H,4,10H2,(H,12,13). The molecule has 0 radical (unpaired) electrons. The SMILES string of the molecule is N#Cc1cccc(CN)c1C(=O)O. The fourth-order valence-electron chi connectivity index (χ4n) is 1.12. The van der Waals surface area contributed by atoms with Crippen molar-refractivity contribution in [3.63, 3.8) is 0 Å². The zero-order chi connectivity index (χ0) is 9.84. The van der Waals surface area contributed by atoms with E-state index in [1.165, 1.54) is 6.07 Å². The van der Waals surface area contributed by atoms with Crippen molar-refractivity contribution in [3.05, 3.63) is 34.9 Å². The van der Waals surface area contributed by atoms with E-state index < -0.39 is 5.97 Å². The molecular formula is C9H8N2O2. The van der Waals surface area contributed by atoms with Crippen molar-refractivity contribution in [2.24, 2.45) is 5.73 Å². The smallest absolute Gasteiger partial charge is 0.337 e. The normalized spacial score (nSPS) is 9.23. The van der Waals surface area contributed by atoms with Crippen molar-refractivity contribution < 1.29 is 9.90 Å². The highest BCUT2D eigenvalue weighted by molar-refractivity contribution is 5.92. The summed E-state index contributed by atoms with van der Waals surface area (Å²) in [6.45, 7) is 0.122. The Kier molecular flexibility index (Phi) is 2.62. The number of carboxylic acids is 1. The summed E-state index contributed by atoms with van der Waals surface area (Å²) < 4.78 is 0. The number of hydrogen-bond acceptors (Lipinski definition) is 3. The molecule has 0 unspecified atom stereocenters. The Labute approximate surface area is 75.2 Å². The number of hydrogen-bond donors (Lipinski definition) is 2. The molecule has 1 aromatic rings. The molecule has 1 aromatic carbocycles. The van der Waals surface area contributed by atoms with Gasteiger partial charge in [-0.2, -0.15) is 5.26 Å². The number of carboxylic acid groups (broad SMARTS) is 1. The number of rotatable bonds is 2. The van der Waals surface area contributed by atoms with Crippen LogP contribution in [0.15, 0.2) is 18.2 Å². The lowest BCUT2D eigenvalue weighted by Gasteiger charge is -2.03. The Morgan fingerprint density at radius 1 is 1.62 bits per heavy atom. The fraction of sp³-hybridized carbons (Fsp3) is 0.111. The molecule has 0 amide bonds. The van der Waals surface area contributed by atoms with Gasteiger partial charge in [-0.15, -0.1) is 0 Å². The summed E-state index contributed by atoms with van der Waals surface area (Å²) in [6.07, 6.45) is 0. The molecule has 3 N–H and O–H groups in total. The topological polar surface area (TPSA) is 87.1 Å². The summed E-state index contributed by atoms with van der Waals surface area (Å²) in [7, 11) is 0. The molecule has 0 atom stereocenters. The van der Waals surface area contributed by atoms with Gasteiger partial charge in [-0.3, -0.25) is 0 Å². The molecule has 0 aliphatic carbocycles. The van der Waals surface area contributed by atoms with Crippen molar-refractivity contribution in [2.45, 2.75) is 6.54 Å². The van der Waals surface area contributed by atoms with E-state index in [4.69, 9.17) is 16.1 Å². The molecule has 0 heterocycles. The van der Waals surface area contributed by atoms with Gasteiger partial charge in [0.25, 0.3) is 0 Å². The van der Waals surface area contributed by atoms with E-state index in [0.717, 1.165) is 0 Å². The summed E-state index contributed by atoms with van der Waals surface area (Å²) in [6, 6.07) is 6.50.